The van der Waals surface area contributed by atoms with Crippen LogP contribution in [0.4, 0.5) is 0 Å². The number of hydrogen-bond acceptors (Lipinski definition) is 4. The lowest BCUT2D eigenvalue weighted by atomic mass is 10.3. The number of fused-ring (bicyclic) bond motifs is 1. The smallest absolute Gasteiger partial charge is 0.303 e. The summed E-state index contributed by atoms with van der Waals surface area (Å²) >= 11 is 0. The van der Waals surface area contributed by atoms with Gasteiger partial charge in [0.2, 0.25) is 10.0 Å². The van der Waals surface area contributed by atoms with E-state index in [0.29, 0.717) is 38.2 Å². The molecule has 0 spiro atoms. The molecule has 0 amide bonds. The van der Waals surface area contributed by atoms with E-state index in [-0.39, 0.29) is 11.3 Å². The van der Waals surface area contributed by atoms with E-state index in [4.69, 9.17) is 9.84 Å². The molecule has 0 aliphatic carbocycles. The fraction of sp³-hybridized carbons (Fsp3) is 0.529. The summed E-state index contributed by atoms with van der Waals surface area (Å²) in [6.45, 7) is 4.30. The standard InChI is InChI=1S/C17H23N3O5S/c1-2-7-20-15-4-3-13(26(23,24)19-8-10-25-11-9-19)12-14(15)18-16(20)5-6-17(21)22/h3-4,12H,2,5-11H2,1H3,(H,21,22)/p+1. The van der Waals surface area contributed by atoms with E-state index in [1.165, 1.54) is 4.31 Å². The number of aliphatic carboxylic acids is 1. The molecule has 1 aliphatic rings. The lowest BCUT2D eigenvalue weighted by Gasteiger charge is -2.25. The van der Waals surface area contributed by atoms with Crippen molar-refractivity contribution in [2.24, 2.45) is 0 Å². The van der Waals surface area contributed by atoms with E-state index in [1.54, 1.807) is 18.2 Å². The molecule has 0 saturated carbocycles. The second-order valence-corrected chi connectivity index (χ2v) is 8.25. The lowest BCUT2D eigenvalue weighted by Crippen LogP contribution is -2.40. The molecule has 0 radical (unpaired) electrons. The van der Waals surface area contributed by atoms with Gasteiger partial charge in [0, 0.05) is 19.2 Å². The topological polar surface area (TPSA) is 104 Å². The number of ether oxygens (including phenoxy) is 1. The first kappa shape index (κ1) is 18.8. The maximum Gasteiger partial charge on any atom is 0.303 e. The van der Waals surface area contributed by atoms with Crippen LogP contribution < -0.4 is 4.57 Å². The fourth-order valence-corrected chi connectivity index (χ4v) is 4.65. The highest BCUT2D eigenvalue weighted by atomic mass is 32.2. The van der Waals surface area contributed by atoms with Gasteiger partial charge in [-0.15, -0.1) is 0 Å². The van der Waals surface area contributed by atoms with E-state index >= 15 is 0 Å². The molecular formula is C17H24N3O5S+. The summed E-state index contributed by atoms with van der Waals surface area (Å²) in [7, 11) is -3.57. The Morgan fingerprint density at radius 1 is 1.35 bits per heavy atom. The van der Waals surface area contributed by atoms with Crippen LogP contribution in [0.1, 0.15) is 25.6 Å². The molecule has 2 N–H and O–H groups in total. The molecule has 26 heavy (non-hydrogen) atoms. The van der Waals surface area contributed by atoms with Crippen molar-refractivity contribution in [3.63, 3.8) is 0 Å². The minimum Gasteiger partial charge on any atom is -0.481 e. The van der Waals surface area contributed by atoms with E-state index < -0.39 is 16.0 Å². The average molecular weight is 382 g/mol. The van der Waals surface area contributed by atoms with Crippen molar-refractivity contribution in [2.45, 2.75) is 37.6 Å². The number of benzene rings is 1. The number of hydrogen-bond donors (Lipinski definition) is 2. The zero-order valence-corrected chi connectivity index (χ0v) is 15.6. The van der Waals surface area contributed by atoms with Gasteiger partial charge in [-0.25, -0.2) is 18.0 Å². The van der Waals surface area contributed by atoms with Gasteiger partial charge in [-0.3, -0.25) is 4.79 Å². The van der Waals surface area contributed by atoms with Gasteiger partial charge in [-0.05, 0) is 18.6 Å². The number of nitrogens with one attached hydrogen (secondary N) is 1. The fourth-order valence-electron chi connectivity index (χ4n) is 3.22. The van der Waals surface area contributed by atoms with Gasteiger partial charge < -0.3 is 9.84 Å². The quantitative estimate of drug-likeness (QED) is 0.693. The van der Waals surface area contributed by atoms with Gasteiger partial charge in [-0.1, -0.05) is 6.92 Å². The molecule has 1 aromatic carbocycles. The summed E-state index contributed by atoms with van der Waals surface area (Å²) in [5.74, 6) is -0.0625. The highest BCUT2D eigenvalue weighted by Gasteiger charge is 2.28. The van der Waals surface area contributed by atoms with E-state index in [0.717, 1.165) is 24.3 Å². The largest absolute Gasteiger partial charge is 0.481 e. The molecule has 2 heterocycles. The van der Waals surface area contributed by atoms with Crippen LogP contribution in [-0.2, 0) is 32.5 Å². The third-order valence-electron chi connectivity index (χ3n) is 4.49. The second kappa shape index (κ2) is 7.73. The first-order chi connectivity index (χ1) is 12.4. The van der Waals surface area contributed by atoms with E-state index in [1.807, 2.05) is 11.5 Å². The van der Waals surface area contributed by atoms with Gasteiger partial charge in [0.05, 0.1) is 37.5 Å². The Labute approximate surface area is 152 Å². The Morgan fingerprint density at radius 3 is 2.73 bits per heavy atom. The minimum absolute atomic E-state index is 0.0233. The highest BCUT2D eigenvalue weighted by Crippen LogP contribution is 2.21. The van der Waals surface area contributed by atoms with Crippen molar-refractivity contribution in [1.29, 1.82) is 0 Å². The third kappa shape index (κ3) is 3.74. The molecule has 2 aromatic rings. The molecule has 142 valence electrons. The monoisotopic (exact) mass is 382 g/mol. The van der Waals surface area contributed by atoms with Crippen LogP contribution in [0, 0.1) is 0 Å². The maximum atomic E-state index is 12.8. The number of imidazole rings is 1. The van der Waals surface area contributed by atoms with Crippen molar-refractivity contribution in [1.82, 2.24) is 9.29 Å². The van der Waals surface area contributed by atoms with Gasteiger partial charge in [-0.2, -0.15) is 4.31 Å². The molecule has 8 nitrogen and oxygen atoms in total. The SMILES string of the molecule is CCC[n+]1c(CCC(=O)O)[nH]c2cc(S(=O)(=O)N3CCOCC3)ccc21. The Hall–Kier alpha value is -1.97. The predicted molar refractivity (Wildman–Crippen MR) is 94.3 cm³/mol. The number of carboxylic acid groups (broad SMARTS) is 1. The minimum atomic E-state index is -3.57. The number of rotatable bonds is 7. The van der Waals surface area contributed by atoms with Crippen LogP contribution in [0.25, 0.3) is 11.0 Å². The van der Waals surface area contributed by atoms with Crippen molar-refractivity contribution in [2.75, 3.05) is 26.3 Å². The molecule has 3 rings (SSSR count). The number of aromatic nitrogens is 2. The summed E-state index contributed by atoms with van der Waals surface area (Å²) in [5, 5.41) is 8.95. The van der Waals surface area contributed by atoms with Gasteiger partial charge in [0.25, 0.3) is 5.82 Å². The first-order valence-electron chi connectivity index (χ1n) is 8.77. The molecule has 0 unspecified atom stereocenters. The van der Waals surface area contributed by atoms with Gasteiger partial charge >= 0.3 is 5.97 Å². The number of carboxylic acids is 1. The molecular weight excluding hydrogens is 358 g/mol. The van der Waals surface area contributed by atoms with Gasteiger partial charge in [0.1, 0.15) is 0 Å². The lowest BCUT2D eigenvalue weighted by molar-refractivity contribution is -0.678. The molecule has 0 atom stereocenters. The molecule has 9 heteroatoms. The molecule has 1 aliphatic heterocycles. The molecule has 1 fully saturated rings. The van der Waals surface area contributed by atoms with Crippen LogP contribution in [-0.4, -0.2) is 55.1 Å². The van der Waals surface area contributed by atoms with Crippen LogP contribution in [0.15, 0.2) is 23.1 Å². The van der Waals surface area contributed by atoms with Crippen LogP contribution in [0.5, 0.6) is 0 Å². The van der Waals surface area contributed by atoms with Crippen molar-refractivity contribution in [3.05, 3.63) is 24.0 Å². The van der Waals surface area contributed by atoms with Crippen molar-refractivity contribution < 1.29 is 27.6 Å². The summed E-state index contributed by atoms with van der Waals surface area (Å²) < 4.78 is 34.4. The number of aromatic amines is 1. The number of H-pyrrole nitrogens is 1. The number of sulfonamides is 1. The summed E-state index contributed by atoms with van der Waals surface area (Å²) in [6.07, 6.45) is 1.29. The number of carbonyl (C=O) groups is 1. The molecule has 0 bridgehead atoms. The third-order valence-corrected chi connectivity index (χ3v) is 6.39. The molecule has 1 aromatic heterocycles. The van der Waals surface area contributed by atoms with Crippen molar-refractivity contribution >= 4 is 27.0 Å². The first-order valence-corrected chi connectivity index (χ1v) is 10.2. The molecule has 1 saturated heterocycles. The predicted octanol–water partition coefficient (Wildman–Crippen LogP) is 0.904. The van der Waals surface area contributed by atoms with Gasteiger partial charge in [0.15, 0.2) is 11.0 Å². The Bertz CT molecular complexity index is 901. The van der Waals surface area contributed by atoms with Crippen LogP contribution in [0.3, 0.4) is 0 Å². The van der Waals surface area contributed by atoms with E-state index in [2.05, 4.69) is 4.98 Å². The summed E-state index contributed by atoms with van der Waals surface area (Å²) in [5.41, 5.74) is 1.58. The second-order valence-electron chi connectivity index (χ2n) is 6.31. The van der Waals surface area contributed by atoms with Crippen molar-refractivity contribution in [3.8, 4) is 0 Å². The Balaban J connectivity index is 1.98. The number of nitrogens with zero attached hydrogens (tertiary/aromatic N) is 2. The zero-order valence-electron chi connectivity index (χ0n) is 14.8. The maximum absolute atomic E-state index is 12.8. The van der Waals surface area contributed by atoms with E-state index in [9.17, 15) is 13.2 Å². The van der Waals surface area contributed by atoms with Crippen LogP contribution in [0.2, 0.25) is 0 Å². The zero-order chi connectivity index (χ0) is 18.7. The number of aryl methyl sites for hydroxylation is 2. The normalized spacial score (nSPS) is 16.2. The average Bonchev–Trinajstić information content (AvgIpc) is 2.98. The van der Waals surface area contributed by atoms with Crippen LogP contribution >= 0.6 is 0 Å². The summed E-state index contributed by atoms with van der Waals surface area (Å²) in [6, 6.07) is 5.05. The Kier molecular flexibility index (Phi) is 5.59. The number of morpholine rings is 1. The summed E-state index contributed by atoms with van der Waals surface area (Å²) in [4.78, 5) is 14.3. The highest BCUT2D eigenvalue weighted by molar-refractivity contribution is 7.89. The Morgan fingerprint density at radius 2 is 2.08 bits per heavy atom.